The Morgan fingerprint density at radius 1 is 1.29 bits per heavy atom. The number of carbonyl (C=O) groups excluding carboxylic acids is 1. The van der Waals surface area contributed by atoms with E-state index >= 15 is 0 Å². The highest BCUT2D eigenvalue weighted by atomic mass is 35.5. The number of hydrogen-bond donors (Lipinski definition) is 0. The van der Waals surface area contributed by atoms with E-state index in [1.54, 1.807) is 18.5 Å². The molecule has 0 aromatic carbocycles. The van der Waals surface area contributed by atoms with Crippen molar-refractivity contribution in [3.8, 4) is 0 Å². The summed E-state index contributed by atoms with van der Waals surface area (Å²) in [5, 5.41) is -0.297. The van der Waals surface area contributed by atoms with E-state index in [2.05, 4.69) is 19.8 Å². The minimum atomic E-state index is -0.297. The van der Waals surface area contributed by atoms with E-state index in [-0.39, 0.29) is 11.3 Å². The Morgan fingerprint density at radius 3 is 2.41 bits per heavy atom. The Labute approximate surface area is 105 Å². The Morgan fingerprint density at radius 2 is 1.88 bits per heavy atom. The van der Waals surface area contributed by atoms with Gasteiger partial charge in [0, 0.05) is 38.6 Å². The number of nitrogens with zero attached hydrogens (tertiary/aromatic N) is 4. The van der Waals surface area contributed by atoms with Crippen LogP contribution < -0.4 is 4.90 Å². The van der Waals surface area contributed by atoms with Crippen LogP contribution in [0.25, 0.3) is 0 Å². The Kier molecular flexibility index (Phi) is 3.91. The molecular weight excluding hydrogens is 240 g/mol. The van der Waals surface area contributed by atoms with Gasteiger partial charge in [-0.1, -0.05) is 0 Å². The molecule has 1 aliphatic rings. The normalized spacial score (nSPS) is 19.1. The minimum absolute atomic E-state index is 0.212. The second-order valence-electron chi connectivity index (χ2n) is 4.05. The molecule has 1 unspecified atom stereocenters. The lowest BCUT2D eigenvalue weighted by molar-refractivity contribution is -0.116. The van der Waals surface area contributed by atoms with E-state index in [0.29, 0.717) is 0 Å². The molecule has 1 aromatic rings. The average molecular weight is 255 g/mol. The average Bonchev–Trinajstić information content (AvgIpc) is 2.39. The zero-order chi connectivity index (χ0) is 12.3. The molecule has 0 saturated carbocycles. The van der Waals surface area contributed by atoms with E-state index < -0.39 is 0 Å². The smallest absolute Gasteiger partial charge is 0.238 e. The second-order valence-corrected chi connectivity index (χ2v) is 4.42. The SMILES string of the molecule is CC(C(=O)Cl)N1CCN(c2ncccn2)CC1. The number of aromatic nitrogens is 2. The molecular formula is C11H15ClN4O. The van der Waals surface area contributed by atoms with Crippen LogP contribution in [0.1, 0.15) is 6.92 Å². The summed E-state index contributed by atoms with van der Waals surface area (Å²) in [6.07, 6.45) is 3.47. The van der Waals surface area contributed by atoms with Crippen molar-refractivity contribution in [1.82, 2.24) is 14.9 Å². The first-order chi connectivity index (χ1) is 8.18. The zero-order valence-electron chi connectivity index (χ0n) is 9.71. The lowest BCUT2D eigenvalue weighted by Crippen LogP contribution is -2.51. The van der Waals surface area contributed by atoms with Gasteiger partial charge >= 0.3 is 0 Å². The predicted molar refractivity (Wildman–Crippen MR) is 66.1 cm³/mol. The summed E-state index contributed by atoms with van der Waals surface area (Å²) < 4.78 is 0. The summed E-state index contributed by atoms with van der Waals surface area (Å²) in [4.78, 5) is 23.7. The zero-order valence-corrected chi connectivity index (χ0v) is 10.5. The fourth-order valence-electron chi connectivity index (χ4n) is 1.91. The van der Waals surface area contributed by atoms with Gasteiger partial charge in [-0.2, -0.15) is 0 Å². The fourth-order valence-corrected chi connectivity index (χ4v) is 2.05. The minimum Gasteiger partial charge on any atom is -0.338 e. The molecule has 1 aliphatic heterocycles. The highest BCUT2D eigenvalue weighted by Gasteiger charge is 2.25. The van der Waals surface area contributed by atoms with Crippen molar-refractivity contribution in [3.63, 3.8) is 0 Å². The standard InChI is InChI=1S/C11H15ClN4O/c1-9(10(12)17)15-5-7-16(8-6-15)11-13-3-2-4-14-11/h2-4,9H,5-8H2,1H3. The molecule has 1 saturated heterocycles. The number of piperazine rings is 1. The van der Waals surface area contributed by atoms with Gasteiger partial charge < -0.3 is 4.90 Å². The molecule has 1 fully saturated rings. The lowest BCUT2D eigenvalue weighted by Gasteiger charge is -2.36. The summed E-state index contributed by atoms with van der Waals surface area (Å²) in [6, 6.07) is 1.59. The highest BCUT2D eigenvalue weighted by molar-refractivity contribution is 6.64. The van der Waals surface area contributed by atoms with Crippen molar-refractivity contribution in [2.45, 2.75) is 13.0 Å². The second kappa shape index (κ2) is 5.42. The number of carbonyl (C=O) groups is 1. The molecule has 6 heteroatoms. The monoisotopic (exact) mass is 254 g/mol. The van der Waals surface area contributed by atoms with Gasteiger partial charge in [-0.15, -0.1) is 0 Å². The molecule has 2 rings (SSSR count). The van der Waals surface area contributed by atoms with Gasteiger partial charge in [0.15, 0.2) is 0 Å². The van der Waals surface area contributed by atoms with Gasteiger partial charge in [-0.3, -0.25) is 9.69 Å². The van der Waals surface area contributed by atoms with Crippen LogP contribution in [0.3, 0.4) is 0 Å². The summed E-state index contributed by atoms with van der Waals surface area (Å²) in [7, 11) is 0. The molecule has 92 valence electrons. The first-order valence-electron chi connectivity index (χ1n) is 5.64. The van der Waals surface area contributed by atoms with Crippen molar-refractivity contribution in [3.05, 3.63) is 18.5 Å². The fraction of sp³-hybridized carbons (Fsp3) is 0.545. The number of anilines is 1. The molecule has 2 heterocycles. The molecule has 0 amide bonds. The van der Waals surface area contributed by atoms with Gasteiger partial charge in [0.25, 0.3) is 0 Å². The topological polar surface area (TPSA) is 49.3 Å². The quantitative estimate of drug-likeness (QED) is 0.745. The molecule has 0 bridgehead atoms. The largest absolute Gasteiger partial charge is 0.338 e. The van der Waals surface area contributed by atoms with Crippen LogP contribution in [-0.2, 0) is 4.79 Å². The van der Waals surface area contributed by atoms with Gasteiger partial charge in [0.1, 0.15) is 0 Å². The van der Waals surface area contributed by atoms with Crippen LogP contribution in [0.15, 0.2) is 18.5 Å². The Balaban J connectivity index is 1.93. The lowest BCUT2D eigenvalue weighted by atomic mass is 10.2. The van der Waals surface area contributed by atoms with Crippen molar-refractivity contribution in [2.24, 2.45) is 0 Å². The van der Waals surface area contributed by atoms with E-state index in [1.807, 2.05) is 6.92 Å². The van der Waals surface area contributed by atoms with Crippen LogP contribution in [0, 0.1) is 0 Å². The van der Waals surface area contributed by atoms with Crippen LogP contribution in [0.5, 0.6) is 0 Å². The van der Waals surface area contributed by atoms with Crippen molar-refractivity contribution >= 4 is 22.8 Å². The molecule has 0 radical (unpaired) electrons. The van der Waals surface area contributed by atoms with Crippen LogP contribution >= 0.6 is 11.6 Å². The molecule has 0 aliphatic carbocycles. The summed E-state index contributed by atoms with van der Waals surface area (Å²) in [5.74, 6) is 0.747. The third-order valence-electron chi connectivity index (χ3n) is 3.03. The van der Waals surface area contributed by atoms with Gasteiger partial charge in [-0.25, -0.2) is 9.97 Å². The van der Waals surface area contributed by atoms with Crippen LogP contribution in [0.2, 0.25) is 0 Å². The van der Waals surface area contributed by atoms with Gasteiger partial charge in [-0.05, 0) is 24.6 Å². The van der Waals surface area contributed by atoms with Crippen molar-refractivity contribution < 1.29 is 4.79 Å². The van der Waals surface area contributed by atoms with Crippen molar-refractivity contribution in [1.29, 1.82) is 0 Å². The summed E-state index contributed by atoms with van der Waals surface area (Å²) >= 11 is 5.50. The third-order valence-corrected chi connectivity index (χ3v) is 3.34. The maximum absolute atomic E-state index is 11.1. The van der Waals surface area contributed by atoms with Crippen LogP contribution in [-0.4, -0.2) is 52.3 Å². The molecule has 0 N–H and O–H groups in total. The summed E-state index contributed by atoms with van der Waals surface area (Å²) in [6.45, 7) is 5.08. The maximum atomic E-state index is 11.1. The van der Waals surface area contributed by atoms with Crippen LogP contribution in [0.4, 0.5) is 5.95 Å². The van der Waals surface area contributed by atoms with E-state index in [9.17, 15) is 4.79 Å². The first kappa shape index (κ1) is 12.3. The Hall–Kier alpha value is -1.20. The van der Waals surface area contributed by atoms with E-state index in [1.165, 1.54) is 0 Å². The maximum Gasteiger partial charge on any atom is 0.238 e. The first-order valence-corrected chi connectivity index (χ1v) is 6.01. The van der Waals surface area contributed by atoms with Gasteiger partial charge in [0.2, 0.25) is 11.2 Å². The highest BCUT2D eigenvalue weighted by Crippen LogP contribution is 2.12. The van der Waals surface area contributed by atoms with Crippen molar-refractivity contribution in [2.75, 3.05) is 31.1 Å². The van der Waals surface area contributed by atoms with E-state index in [0.717, 1.165) is 32.1 Å². The van der Waals surface area contributed by atoms with E-state index in [4.69, 9.17) is 11.6 Å². The third kappa shape index (κ3) is 2.92. The predicted octanol–water partition coefficient (Wildman–Crippen LogP) is 0.752. The molecule has 17 heavy (non-hydrogen) atoms. The molecule has 5 nitrogen and oxygen atoms in total. The Bertz CT molecular complexity index is 378. The number of hydrogen-bond acceptors (Lipinski definition) is 5. The molecule has 0 spiro atoms. The number of rotatable bonds is 3. The summed E-state index contributed by atoms with van der Waals surface area (Å²) in [5.41, 5.74) is 0. The molecule has 1 aromatic heterocycles. The number of halogens is 1. The van der Waals surface area contributed by atoms with Gasteiger partial charge in [0.05, 0.1) is 6.04 Å². The molecule has 1 atom stereocenters.